The normalized spacial score (nSPS) is 12.3. The molecule has 19 heavy (non-hydrogen) atoms. The van der Waals surface area contributed by atoms with Gasteiger partial charge < -0.3 is 5.11 Å². The lowest BCUT2D eigenvalue weighted by Gasteiger charge is -2.07. The minimum Gasteiger partial charge on any atom is -0.481 e. The number of rotatable bonds is 5. The smallest absolute Gasteiger partial charge is 0.303 e. The van der Waals surface area contributed by atoms with Crippen LogP contribution >= 0.6 is 11.3 Å². The summed E-state index contributed by atoms with van der Waals surface area (Å²) in [4.78, 5) is 16.3. The molecule has 0 bridgehead atoms. The van der Waals surface area contributed by atoms with E-state index in [1.54, 1.807) is 11.3 Å². The van der Waals surface area contributed by atoms with Crippen LogP contribution in [0.5, 0.6) is 0 Å². The van der Waals surface area contributed by atoms with Gasteiger partial charge in [-0.3, -0.25) is 4.79 Å². The number of benzene rings is 1. The average Bonchev–Trinajstić information content (AvgIpc) is 2.78. The lowest BCUT2D eigenvalue weighted by Crippen LogP contribution is -1.96. The molecule has 0 radical (unpaired) electrons. The summed E-state index contributed by atoms with van der Waals surface area (Å²) in [5, 5.41) is 9.80. The molecular weight excluding hydrogens is 258 g/mol. The maximum Gasteiger partial charge on any atom is 0.303 e. The van der Waals surface area contributed by atoms with Gasteiger partial charge in [-0.1, -0.05) is 37.3 Å². The molecule has 1 aromatic carbocycles. The third kappa shape index (κ3) is 3.41. The van der Waals surface area contributed by atoms with Gasteiger partial charge in [-0.05, 0) is 18.9 Å². The van der Waals surface area contributed by atoms with Gasteiger partial charge in [-0.2, -0.15) is 0 Å². The van der Waals surface area contributed by atoms with E-state index in [0.29, 0.717) is 6.42 Å². The van der Waals surface area contributed by atoms with Crippen LogP contribution in [0.25, 0.3) is 0 Å². The van der Waals surface area contributed by atoms with Crippen molar-refractivity contribution in [2.75, 3.05) is 0 Å². The highest BCUT2D eigenvalue weighted by Gasteiger charge is 2.15. The SMILES string of the molecule is Cc1nc(C(C)c2ccccc2)sc1CCC(=O)O. The Labute approximate surface area is 116 Å². The summed E-state index contributed by atoms with van der Waals surface area (Å²) in [6.45, 7) is 4.09. The van der Waals surface area contributed by atoms with E-state index < -0.39 is 5.97 Å². The monoisotopic (exact) mass is 275 g/mol. The van der Waals surface area contributed by atoms with E-state index in [2.05, 4.69) is 24.0 Å². The highest BCUT2D eigenvalue weighted by atomic mass is 32.1. The van der Waals surface area contributed by atoms with Crippen LogP contribution in [0.1, 0.15) is 40.4 Å². The zero-order valence-corrected chi connectivity index (χ0v) is 11.9. The lowest BCUT2D eigenvalue weighted by molar-refractivity contribution is -0.136. The number of aromatic nitrogens is 1. The highest BCUT2D eigenvalue weighted by Crippen LogP contribution is 2.30. The van der Waals surface area contributed by atoms with Gasteiger partial charge in [-0.25, -0.2) is 4.98 Å². The zero-order chi connectivity index (χ0) is 13.8. The number of carboxylic acids is 1. The van der Waals surface area contributed by atoms with Crippen LogP contribution in [0.4, 0.5) is 0 Å². The van der Waals surface area contributed by atoms with Gasteiger partial charge >= 0.3 is 5.97 Å². The first-order chi connectivity index (χ1) is 9.08. The second kappa shape index (κ2) is 5.97. The number of thiazole rings is 1. The summed E-state index contributed by atoms with van der Waals surface area (Å²) in [5.74, 6) is -0.506. The van der Waals surface area contributed by atoms with Crippen LogP contribution in [0.15, 0.2) is 30.3 Å². The minimum atomic E-state index is -0.759. The Hall–Kier alpha value is -1.68. The lowest BCUT2D eigenvalue weighted by atomic mass is 10.0. The first-order valence-corrected chi connectivity index (χ1v) is 7.12. The van der Waals surface area contributed by atoms with Crippen molar-refractivity contribution in [3.05, 3.63) is 51.5 Å². The summed E-state index contributed by atoms with van der Waals surface area (Å²) in [6.07, 6.45) is 0.739. The topological polar surface area (TPSA) is 50.2 Å². The first kappa shape index (κ1) is 13.7. The van der Waals surface area contributed by atoms with E-state index >= 15 is 0 Å². The molecule has 0 aliphatic rings. The molecule has 0 aliphatic heterocycles. The summed E-state index contributed by atoms with van der Waals surface area (Å²) in [6, 6.07) is 10.2. The molecule has 3 nitrogen and oxygen atoms in total. The standard InChI is InChI=1S/C15H17NO2S/c1-10(12-6-4-3-5-7-12)15-16-11(2)13(19-15)8-9-14(17)18/h3-7,10H,8-9H2,1-2H3,(H,17,18). The van der Waals surface area contributed by atoms with E-state index in [1.165, 1.54) is 5.56 Å². The van der Waals surface area contributed by atoms with Crippen LogP contribution in [0, 0.1) is 6.92 Å². The number of aryl methyl sites for hydroxylation is 2. The van der Waals surface area contributed by atoms with E-state index in [-0.39, 0.29) is 12.3 Å². The fourth-order valence-corrected chi connectivity index (χ4v) is 3.12. The fraction of sp³-hybridized carbons (Fsp3) is 0.333. The van der Waals surface area contributed by atoms with Crippen molar-refractivity contribution in [1.82, 2.24) is 4.98 Å². The van der Waals surface area contributed by atoms with E-state index in [4.69, 9.17) is 5.11 Å². The van der Waals surface area contributed by atoms with Crippen LogP contribution in [-0.4, -0.2) is 16.1 Å². The van der Waals surface area contributed by atoms with Crippen molar-refractivity contribution in [2.45, 2.75) is 32.6 Å². The van der Waals surface area contributed by atoms with Crippen LogP contribution in [0.3, 0.4) is 0 Å². The number of carboxylic acid groups (broad SMARTS) is 1. The van der Waals surface area contributed by atoms with Crippen LogP contribution in [0.2, 0.25) is 0 Å². The van der Waals surface area contributed by atoms with Crippen molar-refractivity contribution in [1.29, 1.82) is 0 Å². The van der Waals surface area contributed by atoms with Crippen molar-refractivity contribution in [3.8, 4) is 0 Å². The summed E-state index contributed by atoms with van der Waals surface area (Å²) in [5.41, 5.74) is 2.20. The quantitative estimate of drug-likeness (QED) is 0.906. The van der Waals surface area contributed by atoms with Gasteiger partial charge in [0, 0.05) is 10.8 Å². The fourth-order valence-electron chi connectivity index (χ4n) is 1.97. The van der Waals surface area contributed by atoms with E-state index in [0.717, 1.165) is 15.6 Å². The maximum atomic E-state index is 10.6. The summed E-state index contributed by atoms with van der Waals surface area (Å²) < 4.78 is 0. The molecular formula is C15H17NO2S. The Balaban J connectivity index is 2.17. The molecule has 0 aliphatic carbocycles. The average molecular weight is 275 g/mol. The van der Waals surface area contributed by atoms with E-state index in [1.807, 2.05) is 25.1 Å². The zero-order valence-electron chi connectivity index (χ0n) is 11.1. The molecule has 0 saturated heterocycles. The molecule has 0 amide bonds. The van der Waals surface area contributed by atoms with Gasteiger partial charge in [0.2, 0.25) is 0 Å². The number of hydrogen-bond donors (Lipinski definition) is 1. The predicted molar refractivity (Wildman–Crippen MR) is 76.8 cm³/mol. The molecule has 0 spiro atoms. The van der Waals surface area contributed by atoms with E-state index in [9.17, 15) is 4.79 Å². The Morgan fingerprint density at radius 1 is 1.37 bits per heavy atom. The molecule has 0 saturated carbocycles. The highest BCUT2D eigenvalue weighted by molar-refractivity contribution is 7.11. The Morgan fingerprint density at radius 3 is 2.68 bits per heavy atom. The Kier molecular flexibility index (Phi) is 4.32. The molecule has 2 aromatic rings. The maximum absolute atomic E-state index is 10.6. The molecule has 100 valence electrons. The molecule has 1 heterocycles. The number of nitrogens with zero attached hydrogens (tertiary/aromatic N) is 1. The van der Waals surface area contributed by atoms with Gasteiger partial charge in [-0.15, -0.1) is 11.3 Å². The van der Waals surface area contributed by atoms with Crippen molar-refractivity contribution < 1.29 is 9.90 Å². The molecule has 0 fully saturated rings. The molecule has 1 aromatic heterocycles. The number of hydrogen-bond acceptors (Lipinski definition) is 3. The number of carbonyl (C=O) groups is 1. The first-order valence-electron chi connectivity index (χ1n) is 6.31. The van der Waals surface area contributed by atoms with Crippen molar-refractivity contribution in [2.24, 2.45) is 0 Å². The summed E-state index contributed by atoms with van der Waals surface area (Å²) in [7, 11) is 0. The molecule has 4 heteroatoms. The van der Waals surface area contributed by atoms with Gasteiger partial charge in [0.1, 0.15) is 5.01 Å². The third-order valence-electron chi connectivity index (χ3n) is 3.15. The minimum absolute atomic E-state index is 0.169. The van der Waals surface area contributed by atoms with Gasteiger partial charge in [0.15, 0.2) is 0 Å². The molecule has 1 N–H and O–H groups in total. The second-order valence-electron chi connectivity index (χ2n) is 4.59. The largest absolute Gasteiger partial charge is 0.481 e. The van der Waals surface area contributed by atoms with Crippen LogP contribution < -0.4 is 0 Å². The van der Waals surface area contributed by atoms with Crippen molar-refractivity contribution >= 4 is 17.3 Å². The molecule has 1 unspecified atom stereocenters. The second-order valence-corrected chi connectivity index (χ2v) is 5.70. The predicted octanol–water partition coefficient (Wildman–Crippen LogP) is 3.62. The van der Waals surface area contributed by atoms with Crippen molar-refractivity contribution in [3.63, 3.8) is 0 Å². The summed E-state index contributed by atoms with van der Waals surface area (Å²) >= 11 is 1.63. The Morgan fingerprint density at radius 2 is 2.05 bits per heavy atom. The molecule has 1 atom stereocenters. The van der Waals surface area contributed by atoms with Gasteiger partial charge in [0.25, 0.3) is 0 Å². The van der Waals surface area contributed by atoms with Crippen LogP contribution in [-0.2, 0) is 11.2 Å². The molecule has 2 rings (SSSR count). The third-order valence-corrected chi connectivity index (χ3v) is 4.55. The van der Waals surface area contributed by atoms with Gasteiger partial charge in [0.05, 0.1) is 12.1 Å². The Bertz CT molecular complexity index is 563. The number of aliphatic carboxylic acids is 1.